The number of hydrogen-bond acceptors (Lipinski definition) is 4. The Balaban J connectivity index is 2.31. The smallest absolute Gasteiger partial charge is 0.328 e. The van der Waals surface area contributed by atoms with Crippen LogP contribution in [0.4, 0.5) is 0 Å². The van der Waals surface area contributed by atoms with Crippen molar-refractivity contribution in [1.29, 1.82) is 0 Å². The summed E-state index contributed by atoms with van der Waals surface area (Å²) >= 11 is 2.02. The molecule has 2 N–H and O–H groups in total. The van der Waals surface area contributed by atoms with Crippen molar-refractivity contribution in [3.05, 3.63) is 27.3 Å². The maximum atomic E-state index is 12.3. The van der Waals surface area contributed by atoms with Gasteiger partial charge in [0.25, 0.3) is 5.91 Å². The molecule has 0 bridgehead atoms. The van der Waals surface area contributed by atoms with Gasteiger partial charge in [-0.3, -0.25) is 4.79 Å². The Morgan fingerprint density at radius 2 is 2.16 bits per heavy atom. The molecule has 1 fully saturated rings. The van der Waals surface area contributed by atoms with Crippen molar-refractivity contribution in [1.82, 2.24) is 4.90 Å². The average molecular weight is 377 g/mol. The van der Waals surface area contributed by atoms with Gasteiger partial charge in [0, 0.05) is 10.1 Å². The van der Waals surface area contributed by atoms with Gasteiger partial charge in [-0.2, -0.15) is 0 Å². The van der Waals surface area contributed by atoms with E-state index in [0.717, 1.165) is 3.57 Å². The zero-order chi connectivity index (χ0) is 14.0. The molecule has 0 aliphatic carbocycles. The van der Waals surface area contributed by atoms with Gasteiger partial charge in [-0.05, 0) is 40.8 Å². The minimum Gasteiger partial charge on any atom is -0.507 e. The standard InChI is InChI=1S/C12H12INO5/c13-7-1-2-10(15)8(5-7)11(16)14-3-4-19-6-9(14)12(17)18/h1-2,5,9,15H,3-4,6H2,(H,17,18). The van der Waals surface area contributed by atoms with Crippen LogP contribution >= 0.6 is 22.6 Å². The van der Waals surface area contributed by atoms with Crippen LogP contribution in [0.1, 0.15) is 10.4 Å². The molecule has 1 heterocycles. The number of aliphatic carboxylic acids is 1. The second-order valence-corrected chi connectivity index (χ2v) is 5.33. The number of rotatable bonds is 2. The molecule has 7 heteroatoms. The van der Waals surface area contributed by atoms with Crippen LogP contribution in [-0.2, 0) is 9.53 Å². The number of hydrogen-bond donors (Lipinski definition) is 2. The number of halogens is 1. The predicted molar refractivity (Wildman–Crippen MR) is 74.1 cm³/mol. The predicted octanol–water partition coefficient (Wildman–Crippen LogP) is 0.922. The lowest BCUT2D eigenvalue weighted by atomic mass is 10.1. The van der Waals surface area contributed by atoms with E-state index in [2.05, 4.69) is 0 Å². The number of nitrogens with zero attached hydrogens (tertiary/aromatic N) is 1. The number of morpholine rings is 1. The highest BCUT2D eigenvalue weighted by atomic mass is 127. The second-order valence-electron chi connectivity index (χ2n) is 4.09. The van der Waals surface area contributed by atoms with Crippen LogP contribution in [0.5, 0.6) is 5.75 Å². The van der Waals surface area contributed by atoms with E-state index in [1.165, 1.54) is 17.0 Å². The molecule has 1 saturated heterocycles. The van der Waals surface area contributed by atoms with Crippen molar-refractivity contribution in [2.75, 3.05) is 19.8 Å². The number of carbonyl (C=O) groups is 2. The third kappa shape index (κ3) is 2.98. The normalized spacial score (nSPS) is 19.2. The molecule has 1 aromatic carbocycles. The number of ether oxygens (including phenoxy) is 1. The fourth-order valence-electron chi connectivity index (χ4n) is 1.89. The molecule has 102 valence electrons. The summed E-state index contributed by atoms with van der Waals surface area (Å²) < 4.78 is 5.87. The van der Waals surface area contributed by atoms with E-state index in [1.54, 1.807) is 6.07 Å². The molecule has 1 aromatic rings. The van der Waals surface area contributed by atoms with E-state index in [9.17, 15) is 14.7 Å². The Morgan fingerprint density at radius 3 is 2.84 bits per heavy atom. The molecule has 2 rings (SSSR count). The molecule has 19 heavy (non-hydrogen) atoms. The van der Waals surface area contributed by atoms with Crippen LogP contribution in [0, 0.1) is 3.57 Å². The number of amides is 1. The number of phenols is 1. The maximum absolute atomic E-state index is 12.3. The zero-order valence-corrected chi connectivity index (χ0v) is 12.0. The van der Waals surface area contributed by atoms with Crippen LogP contribution in [0.15, 0.2) is 18.2 Å². The molecule has 6 nitrogen and oxygen atoms in total. The summed E-state index contributed by atoms with van der Waals surface area (Å²) in [6.45, 7) is 0.451. The monoisotopic (exact) mass is 377 g/mol. The minimum atomic E-state index is -1.11. The first kappa shape index (κ1) is 14.1. The van der Waals surface area contributed by atoms with Gasteiger partial charge in [0.15, 0.2) is 6.04 Å². The zero-order valence-electron chi connectivity index (χ0n) is 9.88. The van der Waals surface area contributed by atoms with E-state index >= 15 is 0 Å². The van der Waals surface area contributed by atoms with Gasteiger partial charge in [0.05, 0.1) is 18.8 Å². The van der Waals surface area contributed by atoms with Gasteiger partial charge in [0.2, 0.25) is 0 Å². The Labute approximate surface area is 123 Å². The SMILES string of the molecule is O=C(O)C1COCCN1C(=O)c1cc(I)ccc1O. The third-order valence-electron chi connectivity index (χ3n) is 2.86. The van der Waals surface area contributed by atoms with Gasteiger partial charge in [-0.15, -0.1) is 0 Å². The summed E-state index contributed by atoms with van der Waals surface area (Å²) in [6.07, 6.45) is 0. The fraction of sp³-hybridized carbons (Fsp3) is 0.333. The molecule has 1 atom stereocenters. The Morgan fingerprint density at radius 1 is 1.42 bits per heavy atom. The summed E-state index contributed by atoms with van der Waals surface area (Å²) in [7, 11) is 0. The Hall–Kier alpha value is -1.35. The number of carbonyl (C=O) groups excluding carboxylic acids is 1. The summed E-state index contributed by atoms with van der Waals surface area (Å²) in [6, 6.07) is 3.61. The van der Waals surface area contributed by atoms with Gasteiger partial charge in [-0.25, -0.2) is 4.79 Å². The van der Waals surface area contributed by atoms with Crippen molar-refractivity contribution < 1.29 is 24.5 Å². The summed E-state index contributed by atoms with van der Waals surface area (Å²) in [5.41, 5.74) is 0.111. The summed E-state index contributed by atoms with van der Waals surface area (Å²) in [5, 5.41) is 18.8. The summed E-state index contributed by atoms with van der Waals surface area (Å²) in [4.78, 5) is 24.7. The Bertz CT molecular complexity index is 519. The lowest BCUT2D eigenvalue weighted by molar-refractivity contribution is -0.147. The average Bonchev–Trinajstić information content (AvgIpc) is 2.40. The topological polar surface area (TPSA) is 87.1 Å². The molecule has 0 radical (unpaired) electrons. The molecule has 1 unspecified atom stereocenters. The van der Waals surface area contributed by atoms with Gasteiger partial charge < -0.3 is 19.8 Å². The lowest BCUT2D eigenvalue weighted by Crippen LogP contribution is -2.52. The van der Waals surface area contributed by atoms with E-state index in [-0.39, 0.29) is 24.5 Å². The largest absolute Gasteiger partial charge is 0.507 e. The van der Waals surface area contributed by atoms with E-state index < -0.39 is 17.9 Å². The highest BCUT2D eigenvalue weighted by Gasteiger charge is 2.34. The van der Waals surface area contributed by atoms with Crippen molar-refractivity contribution in [3.8, 4) is 5.75 Å². The van der Waals surface area contributed by atoms with E-state index in [0.29, 0.717) is 6.61 Å². The first-order chi connectivity index (χ1) is 9.00. The van der Waals surface area contributed by atoms with Crippen molar-refractivity contribution >= 4 is 34.5 Å². The summed E-state index contributed by atoms with van der Waals surface area (Å²) in [5.74, 6) is -1.76. The van der Waals surface area contributed by atoms with Crippen molar-refractivity contribution in [2.24, 2.45) is 0 Å². The number of phenolic OH excluding ortho intramolecular Hbond substituents is 1. The highest BCUT2D eigenvalue weighted by molar-refractivity contribution is 14.1. The van der Waals surface area contributed by atoms with Gasteiger partial charge in [-0.1, -0.05) is 0 Å². The quantitative estimate of drug-likeness (QED) is 0.749. The van der Waals surface area contributed by atoms with Gasteiger partial charge >= 0.3 is 5.97 Å². The molecule has 0 aromatic heterocycles. The second kappa shape index (κ2) is 5.74. The Kier molecular flexibility index (Phi) is 4.25. The molecular weight excluding hydrogens is 365 g/mol. The van der Waals surface area contributed by atoms with Crippen LogP contribution in [0.25, 0.3) is 0 Å². The molecule has 1 aliphatic heterocycles. The lowest BCUT2D eigenvalue weighted by Gasteiger charge is -2.33. The fourth-order valence-corrected chi connectivity index (χ4v) is 2.38. The van der Waals surface area contributed by atoms with E-state index in [4.69, 9.17) is 9.84 Å². The number of carboxylic acid groups (broad SMARTS) is 1. The van der Waals surface area contributed by atoms with E-state index in [1.807, 2.05) is 22.6 Å². The molecular formula is C12H12INO5. The van der Waals surface area contributed by atoms with Crippen LogP contribution in [0.3, 0.4) is 0 Å². The first-order valence-electron chi connectivity index (χ1n) is 5.60. The number of aromatic hydroxyl groups is 1. The van der Waals surface area contributed by atoms with Crippen LogP contribution < -0.4 is 0 Å². The van der Waals surface area contributed by atoms with Crippen molar-refractivity contribution in [3.63, 3.8) is 0 Å². The molecule has 0 spiro atoms. The van der Waals surface area contributed by atoms with Gasteiger partial charge in [0.1, 0.15) is 5.75 Å². The van der Waals surface area contributed by atoms with Crippen LogP contribution in [-0.4, -0.2) is 52.8 Å². The molecule has 1 amide bonds. The number of carboxylic acids is 1. The molecule has 1 aliphatic rings. The molecule has 0 saturated carbocycles. The van der Waals surface area contributed by atoms with Crippen LogP contribution in [0.2, 0.25) is 0 Å². The first-order valence-corrected chi connectivity index (χ1v) is 6.68. The van der Waals surface area contributed by atoms with Crippen molar-refractivity contribution in [2.45, 2.75) is 6.04 Å². The highest BCUT2D eigenvalue weighted by Crippen LogP contribution is 2.23. The maximum Gasteiger partial charge on any atom is 0.328 e. The minimum absolute atomic E-state index is 0.0360. The third-order valence-corrected chi connectivity index (χ3v) is 3.53. The number of benzene rings is 1.